The molecule has 0 N–H and O–H groups in total. The van der Waals surface area contributed by atoms with Crippen LogP contribution in [0.3, 0.4) is 0 Å². The first-order chi connectivity index (χ1) is 12.0. The van der Waals surface area contributed by atoms with Crippen molar-refractivity contribution in [3.8, 4) is 0 Å². The first kappa shape index (κ1) is 21.4. The summed E-state index contributed by atoms with van der Waals surface area (Å²) in [5, 5.41) is 0. The highest BCUT2D eigenvalue weighted by Crippen LogP contribution is 2.37. The van der Waals surface area contributed by atoms with Gasteiger partial charge in [-0.25, -0.2) is 0 Å². The van der Waals surface area contributed by atoms with E-state index in [4.69, 9.17) is 23.2 Å². The molecule has 0 nitrogen and oxygen atoms in total. The first-order valence-electron chi connectivity index (χ1n) is 8.24. The zero-order chi connectivity index (χ0) is 18.4. The van der Waals surface area contributed by atoms with Gasteiger partial charge >= 0.3 is 0 Å². The third-order valence-electron chi connectivity index (χ3n) is 3.75. The second kappa shape index (κ2) is 10.4. The van der Waals surface area contributed by atoms with Gasteiger partial charge in [-0.3, -0.25) is 0 Å². The van der Waals surface area contributed by atoms with Gasteiger partial charge in [0, 0.05) is 42.8 Å². The molecule has 0 aliphatic carbocycles. The van der Waals surface area contributed by atoms with Crippen molar-refractivity contribution in [2.75, 3.05) is 23.3 Å². The van der Waals surface area contributed by atoms with Crippen LogP contribution in [0.15, 0.2) is 43.8 Å². The second-order valence-electron chi connectivity index (χ2n) is 5.95. The summed E-state index contributed by atoms with van der Waals surface area (Å²) in [5.74, 6) is 3.28. The molecule has 0 radical (unpaired) electrons. The van der Waals surface area contributed by atoms with Gasteiger partial charge in [0.2, 0.25) is 0 Å². The van der Waals surface area contributed by atoms with E-state index in [0.717, 1.165) is 11.5 Å². The van der Waals surface area contributed by atoms with Crippen LogP contribution >= 0.6 is 58.5 Å². The van der Waals surface area contributed by atoms with Crippen molar-refractivity contribution in [3.63, 3.8) is 0 Å². The van der Waals surface area contributed by atoms with Crippen molar-refractivity contribution in [2.24, 2.45) is 0 Å². The average Bonchev–Trinajstić information content (AvgIpc) is 2.53. The Morgan fingerprint density at radius 1 is 0.640 bits per heavy atom. The third kappa shape index (κ3) is 6.04. The fraction of sp³-hybridized carbons (Fsp3) is 0.400. The minimum absolute atomic E-state index is 0.687. The molecule has 0 aliphatic heterocycles. The highest BCUT2D eigenvalue weighted by molar-refractivity contribution is 8.00. The summed E-state index contributed by atoms with van der Waals surface area (Å²) in [6.45, 7) is 8.76. The van der Waals surface area contributed by atoms with Crippen molar-refractivity contribution < 1.29 is 0 Å². The number of rotatable bonds is 8. The molecule has 0 saturated carbocycles. The van der Waals surface area contributed by atoms with Gasteiger partial charge in [0.05, 0.1) is 0 Å². The monoisotopic (exact) mass is 430 g/mol. The zero-order valence-electron chi connectivity index (χ0n) is 15.1. The third-order valence-corrected chi connectivity index (χ3v) is 8.20. The van der Waals surface area contributed by atoms with Gasteiger partial charge in [-0.15, -0.1) is 46.7 Å². The quantitative estimate of drug-likeness (QED) is 0.310. The molecule has 0 heterocycles. The minimum atomic E-state index is 0.687. The van der Waals surface area contributed by atoms with Crippen molar-refractivity contribution >= 4 is 58.5 Å². The van der Waals surface area contributed by atoms with Gasteiger partial charge < -0.3 is 0 Å². The topological polar surface area (TPSA) is 0 Å². The van der Waals surface area contributed by atoms with Crippen molar-refractivity contribution in [3.05, 3.63) is 46.5 Å². The standard InChI is InChI=1S/C20H24Cl2S3/c1-13-9-17(10-14(2)19(13)23-7-5-21)25-18-11-15(3)20(16(4)12-18)24-8-6-22/h9-12H,5-8H2,1-4H3. The number of benzene rings is 2. The molecule has 2 aromatic carbocycles. The zero-order valence-corrected chi connectivity index (χ0v) is 19.1. The van der Waals surface area contributed by atoms with Crippen LogP contribution in [0.1, 0.15) is 22.3 Å². The highest BCUT2D eigenvalue weighted by Gasteiger charge is 2.10. The Morgan fingerprint density at radius 3 is 1.24 bits per heavy atom. The molecule has 0 saturated heterocycles. The fourth-order valence-electron chi connectivity index (χ4n) is 2.81. The molecule has 25 heavy (non-hydrogen) atoms. The van der Waals surface area contributed by atoms with Crippen LogP contribution in [-0.4, -0.2) is 23.3 Å². The lowest BCUT2D eigenvalue weighted by Crippen LogP contribution is -1.91. The maximum absolute atomic E-state index is 5.83. The molecule has 2 rings (SSSR count). The number of hydrogen-bond donors (Lipinski definition) is 0. The van der Waals surface area contributed by atoms with E-state index in [9.17, 15) is 0 Å². The molecule has 0 fully saturated rings. The minimum Gasteiger partial charge on any atom is -0.126 e. The van der Waals surface area contributed by atoms with Crippen LogP contribution in [0, 0.1) is 27.7 Å². The second-order valence-corrected chi connectivity index (χ2v) is 10.1. The van der Waals surface area contributed by atoms with E-state index in [1.54, 1.807) is 0 Å². The number of hydrogen-bond acceptors (Lipinski definition) is 3. The number of aryl methyl sites for hydroxylation is 4. The maximum Gasteiger partial charge on any atom is 0.0317 e. The molecule has 0 aromatic heterocycles. The lowest BCUT2D eigenvalue weighted by Gasteiger charge is -2.14. The summed E-state index contributed by atoms with van der Waals surface area (Å²) in [5.41, 5.74) is 5.33. The summed E-state index contributed by atoms with van der Waals surface area (Å²) in [6.07, 6.45) is 0. The molecule has 0 aliphatic rings. The SMILES string of the molecule is Cc1cc(Sc2cc(C)c(SCCCl)c(C)c2)cc(C)c1SCCCl. The smallest absolute Gasteiger partial charge is 0.0317 e. The first-order valence-corrected chi connectivity index (χ1v) is 12.1. The van der Waals surface area contributed by atoms with Crippen molar-refractivity contribution in [1.82, 2.24) is 0 Å². The Kier molecular flexibility index (Phi) is 8.90. The van der Waals surface area contributed by atoms with E-state index in [-0.39, 0.29) is 0 Å². The summed E-state index contributed by atoms with van der Waals surface area (Å²) in [4.78, 5) is 5.32. The molecule has 0 bridgehead atoms. The van der Waals surface area contributed by atoms with E-state index in [1.807, 2.05) is 35.3 Å². The molecule has 2 aromatic rings. The van der Waals surface area contributed by atoms with Gasteiger partial charge in [0.25, 0.3) is 0 Å². The molecule has 0 amide bonds. The average molecular weight is 432 g/mol. The molecular formula is C20H24Cl2S3. The van der Waals surface area contributed by atoms with Crippen LogP contribution in [0.4, 0.5) is 0 Å². The van der Waals surface area contributed by atoms with E-state index in [1.165, 1.54) is 41.8 Å². The van der Waals surface area contributed by atoms with E-state index in [0.29, 0.717) is 11.8 Å². The normalized spacial score (nSPS) is 11.1. The Hall–Kier alpha value is 0.0700. The fourth-order valence-corrected chi connectivity index (χ4v) is 6.20. The van der Waals surface area contributed by atoms with Crippen LogP contribution < -0.4 is 0 Å². The van der Waals surface area contributed by atoms with E-state index in [2.05, 4.69) is 52.0 Å². The number of thioether (sulfide) groups is 2. The molecule has 136 valence electrons. The number of halogens is 2. The molecular weight excluding hydrogens is 407 g/mol. The number of alkyl halides is 2. The maximum atomic E-state index is 5.83. The van der Waals surface area contributed by atoms with Crippen LogP contribution in [0.5, 0.6) is 0 Å². The summed E-state index contributed by atoms with van der Waals surface area (Å²) >= 11 is 17.2. The van der Waals surface area contributed by atoms with Gasteiger partial charge in [0.1, 0.15) is 0 Å². The van der Waals surface area contributed by atoms with Crippen LogP contribution in [0.2, 0.25) is 0 Å². The van der Waals surface area contributed by atoms with Crippen molar-refractivity contribution in [1.29, 1.82) is 0 Å². The lowest BCUT2D eigenvalue weighted by atomic mass is 10.1. The largest absolute Gasteiger partial charge is 0.126 e. The van der Waals surface area contributed by atoms with Crippen LogP contribution in [0.25, 0.3) is 0 Å². The predicted molar refractivity (Wildman–Crippen MR) is 119 cm³/mol. The van der Waals surface area contributed by atoms with Gasteiger partial charge in [0.15, 0.2) is 0 Å². The Morgan fingerprint density at radius 2 is 0.960 bits per heavy atom. The molecule has 0 spiro atoms. The predicted octanol–water partition coefficient (Wildman–Crippen LogP) is 7.73. The lowest BCUT2D eigenvalue weighted by molar-refractivity contribution is 1.15. The molecule has 0 atom stereocenters. The van der Waals surface area contributed by atoms with Gasteiger partial charge in [-0.2, -0.15) is 0 Å². The van der Waals surface area contributed by atoms with Gasteiger partial charge in [-0.05, 0) is 74.2 Å². The Balaban J connectivity index is 2.22. The van der Waals surface area contributed by atoms with E-state index >= 15 is 0 Å². The Bertz CT molecular complexity index is 621. The summed E-state index contributed by atoms with van der Waals surface area (Å²) in [6, 6.07) is 9.15. The van der Waals surface area contributed by atoms with E-state index < -0.39 is 0 Å². The van der Waals surface area contributed by atoms with Gasteiger partial charge in [-0.1, -0.05) is 11.8 Å². The highest BCUT2D eigenvalue weighted by atomic mass is 35.5. The molecule has 5 heteroatoms. The summed E-state index contributed by atoms with van der Waals surface area (Å²) < 4.78 is 0. The van der Waals surface area contributed by atoms with Crippen molar-refractivity contribution in [2.45, 2.75) is 47.3 Å². The molecule has 0 unspecified atom stereocenters. The van der Waals surface area contributed by atoms with Crippen LogP contribution in [-0.2, 0) is 0 Å². The summed E-state index contributed by atoms with van der Waals surface area (Å²) in [7, 11) is 0. The Labute approximate surface area is 174 Å².